The van der Waals surface area contributed by atoms with Gasteiger partial charge in [0, 0.05) is 4.90 Å². The molecule has 1 N–H and O–H groups in total. The highest BCUT2D eigenvalue weighted by atomic mass is 32.2. The summed E-state index contributed by atoms with van der Waals surface area (Å²) >= 11 is 0.754. The maximum absolute atomic E-state index is 13.5. The molecular formula is C19H17F2NO5S. The number of carbonyl (C=O) groups excluding carboxylic acids is 3. The Kier molecular flexibility index (Phi) is 7.94. The molecule has 0 saturated carbocycles. The average molecular weight is 409 g/mol. The Morgan fingerprint density at radius 1 is 1.07 bits per heavy atom. The molecule has 0 aliphatic carbocycles. The first-order chi connectivity index (χ1) is 13.4. The Morgan fingerprint density at radius 2 is 1.82 bits per heavy atom. The van der Waals surface area contributed by atoms with Crippen molar-refractivity contribution in [3.8, 4) is 0 Å². The second-order valence-electron chi connectivity index (χ2n) is 5.34. The monoisotopic (exact) mass is 409 g/mol. The third-order valence-electron chi connectivity index (χ3n) is 3.30. The van der Waals surface area contributed by atoms with E-state index in [0.717, 1.165) is 30.0 Å². The van der Waals surface area contributed by atoms with Crippen molar-refractivity contribution in [3.05, 3.63) is 59.7 Å². The summed E-state index contributed by atoms with van der Waals surface area (Å²) in [5.74, 6) is -3.62. The minimum atomic E-state index is -0.775. The number of thioether (sulfide) groups is 1. The summed E-state index contributed by atoms with van der Waals surface area (Å²) in [5.41, 5.74) is 0.388. The van der Waals surface area contributed by atoms with E-state index in [4.69, 9.17) is 9.47 Å². The molecule has 2 aromatic rings. The van der Waals surface area contributed by atoms with E-state index in [2.05, 4.69) is 5.32 Å². The molecule has 9 heteroatoms. The maximum Gasteiger partial charge on any atom is 0.340 e. The van der Waals surface area contributed by atoms with Gasteiger partial charge in [0.2, 0.25) is 0 Å². The highest BCUT2D eigenvalue weighted by Crippen LogP contribution is 2.22. The van der Waals surface area contributed by atoms with Gasteiger partial charge in [-0.05, 0) is 37.3 Å². The Morgan fingerprint density at radius 3 is 2.57 bits per heavy atom. The lowest BCUT2D eigenvalue weighted by atomic mass is 10.2. The van der Waals surface area contributed by atoms with Crippen LogP contribution in [-0.4, -0.2) is 36.8 Å². The Hall–Kier alpha value is -2.94. The lowest BCUT2D eigenvalue weighted by molar-refractivity contribution is -0.144. The molecule has 2 rings (SSSR count). The molecule has 1 amide bonds. The van der Waals surface area contributed by atoms with Gasteiger partial charge < -0.3 is 14.8 Å². The van der Waals surface area contributed by atoms with Crippen molar-refractivity contribution < 1.29 is 32.6 Å². The van der Waals surface area contributed by atoms with E-state index in [1.54, 1.807) is 19.1 Å². The van der Waals surface area contributed by atoms with Crippen molar-refractivity contribution in [2.75, 3.05) is 24.3 Å². The molecule has 28 heavy (non-hydrogen) atoms. The lowest BCUT2D eigenvalue weighted by Gasteiger charge is -2.10. The summed E-state index contributed by atoms with van der Waals surface area (Å²) in [6.45, 7) is 1.25. The molecule has 0 saturated heterocycles. The molecule has 0 aromatic heterocycles. The predicted molar refractivity (Wildman–Crippen MR) is 99.1 cm³/mol. The molecule has 0 atom stereocenters. The summed E-state index contributed by atoms with van der Waals surface area (Å²) in [6, 6.07) is 9.12. The number of para-hydroxylation sites is 1. The first-order valence-electron chi connectivity index (χ1n) is 8.20. The van der Waals surface area contributed by atoms with E-state index in [-0.39, 0.29) is 28.5 Å². The van der Waals surface area contributed by atoms with Crippen LogP contribution in [0.25, 0.3) is 0 Å². The van der Waals surface area contributed by atoms with Crippen LogP contribution in [0.2, 0.25) is 0 Å². The third kappa shape index (κ3) is 6.34. The minimum Gasteiger partial charge on any atom is -0.462 e. The zero-order chi connectivity index (χ0) is 20.5. The molecule has 2 aromatic carbocycles. The van der Waals surface area contributed by atoms with Gasteiger partial charge in [-0.25, -0.2) is 13.6 Å². The molecule has 0 spiro atoms. The lowest BCUT2D eigenvalue weighted by Crippen LogP contribution is -2.23. The van der Waals surface area contributed by atoms with Crippen molar-refractivity contribution in [2.24, 2.45) is 0 Å². The summed E-state index contributed by atoms with van der Waals surface area (Å²) < 4.78 is 36.3. The van der Waals surface area contributed by atoms with Crippen LogP contribution in [0, 0.1) is 11.6 Å². The van der Waals surface area contributed by atoms with Crippen LogP contribution in [0.3, 0.4) is 0 Å². The summed E-state index contributed by atoms with van der Waals surface area (Å²) in [4.78, 5) is 35.5. The number of nitrogens with one attached hydrogen (secondary N) is 1. The fourth-order valence-electron chi connectivity index (χ4n) is 2.08. The second kappa shape index (κ2) is 10.4. The minimum absolute atomic E-state index is 0.0373. The quantitative estimate of drug-likeness (QED) is 0.532. The highest BCUT2D eigenvalue weighted by molar-refractivity contribution is 8.00. The second-order valence-corrected chi connectivity index (χ2v) is 6.36. The fraction of sp³-hybridized carbons (Fsp3) is 0.211. The number of benzene rings is 2. The number of carbonyl (C=O) groups is 3. The van der Waals surface area contributed by atoms with Gasteiger partial charge in [0.25, 0.3) is 5.91 Å². The van der Waals surface area contributed by atoms with Gasteiger partial charge in [0.05, 0.1) is 23.6 Å². The van der Waals surface area contributed by atoms with Crippen LogP contribution in [0.5, 0.6) is 0 Å². The van der Waals surface area contributed by atoms with Crippen molar-refractivity contribution in [1.82, 2.24) is 0 Å². The Bertz CT molecular complexity index is 875. The Balaban J connectivity index is 1.85. The van der Waals surface area contributed by atoms with Crippen LogP contribution < -0.4 is 5.32 Å². The predicted octanol–water partition coefficient (Wildman–Crippen LogP) is 3.42. The number of amides is 1. The number of ether oxygens (including phenoxy) is 2. The van der Waals surface area contributed by atoms with Crippen molar-refractivity contribution in [1.29, 1.82) is 0 Å². The Labute approximate surface area is 164 Å². The van der Waals surface area contributed by atoms with E-state index in [9.17, 15) is 23.2 Å². The standard InChI is InChI=1S/C19H17F2NO5S/c1-2-26-19(25)13-5-3-4-6-15(13)22-17(23)10-27-18(24)11-28-16-9-12(20)7-8-14(16)21/h3-9H,2,10-11H2,1H3,(H,22,23). The summed E-state index contributed by atoms with van der Waals surface area (Å²) in [6.07, 6.45) is 0. The first kappa shape index (κ1) is 21.4. The molecule has 0 heterocycles. The van der Waals surface area contributed by atoms with Crippen molar-refractivity contribution in [2.45, 2.75) is 11.8 Å². The van der Waals surface area contributed by atoms with Crippen molar-refractivity contribution >= 4 is 35.3 Å². The van der Waals surface area contributed by atoms with Gasteiger partial charge >= 0.3 is 11.9 Å². The molecule has 0 aliphatic heterocycles. The number of rotatable bonds is 8. The van der Waals surface area contributed by atoms with E-state index >= 15 is 0 Å². The molecule has 0 radical (unpaired) electrons. The SMILES string of the molecule is CCOC(=O)c1ccccc1NC(=O)COC(=O)CSc1cc(F)ccc1F. The van der Waals surface area contributed by atoms with Crippen LogP contribution >= 0.6 is 11.8 Å². The maximum atomic E-state index is 13.5. The van der Waals surface area contributed by atoms with Crippen LogP contribution in [0.1, 0.15) is 17.3 Å². The van der Waals surface area contributed by atoms with Gasteiger partial charge in [-0.1, -0.05) is 12.1 Å². The molecule has 0 unspecified atom stereocenters. The molecule has 6 nitrogen and oxygen atoms in total. The molecule has 0 fully saturated rings. The van der Waals surface area contributed by atoms with Gasteiger partial charge in [-0.3, -0.25) is 9.59 Å². The largest absolute Gasteiger partial charge is 0.462 e. The zero-order valence-corrected chi connectivity index (χ0v) is 15.7. The number of anilines is 1. The van der Waals surface area contributed by atoms with E-state index in [0.29, 0.717) is 0 Å². The van der Waals surface area contributed by atoms with Gasteiger partial charge in [0.15, 0.2) is 6.61 Å². The molecule has 0 aliphatic rings. The van der Waals surface area contributed by atoms with E-state index in [1.807, 2.05) is 0 Å². The zero-order valence-electron chi connectivity index (χ0n) is 14.9. The van der Waals surface area contributed by atoms with Gasteiger partial charge in [0.1, 0.15) is 11.6 Å². The molecular weight excluding hydrogens is 392 g/mol. The average Bonchev–Trinajstić information content (AvgIpc) is 2.67. The topological polar surface area (TPSA) is 81.7 Å². The normalized spacial score (nSPS) is 10.2. The fourth-order valence-corrected chi connectivity index (χ4v) is 2.84. The van der Waals surface area contributed by atoms with Crippen molar-refractivity contribution in [3.63, 3.8) is 0 Å². The van der Waals surface area contributed by atoms with Gasteiger partial charge in [-0.15, -0.1) is 11.8 Å². The third-order valence-corrected chi connectivity index (χ3v) is 4.30. The molecule has 148 valence electrons. The number of hydrogen-bond acceptors (Lipinski definition) is 6. The van der Waals surface area contributed by atoms with Gasteiger partial charge in [-0.2, -0.15) is 0 Å². The van der Waals surface area contributed by atoms with Crippen LogP contribution in [-0.2, 0) is 19.1 Å². The highest BCUT2D eigenvalue weighted by Gasteiger charge is 2.15. The summed E-state index contributed by atoms with van der Waals surface area (Å²) in [5, 5.41) is 2.46. The van der Waals surface area contributed by atoms with Crippen LogP contribution in [0.4, 0.5) is 14.5 Å². The van der Waals surface area contributed by atoms with Crippen LogP contribution in [0.15, 0.2) is 47.4 Å². The number of halogens is 2. The van der Waals surface area contributed by atoms with E-state index < -0.39 is 36.1 Å². The van der Waals surface area contributed by atoms with E-state index in [1.165, 1.54) is 12.1 Å². The molecule has 0 bridgehead atoms. The smallest absolute Gasteiger partial charge is 0.340 e. The summed E-state index contributed by atoms with van der Waals surface area (Å²) in [7, 11) is 0. The first-order valence-corrected chi connectivity index (χ1v) is 9.18. The number of hydrogen-bond donors (Lipinski definition) is 1. The number of esters is 2.